The number of aryl methyl sites for hydroxylation is 2. The lowest BCUT2D eigenvalue weighted by molar-refractivity contribution is 0.428. The van der Waals surface area contributed by atoms with E-state index in [-0.39, 0.29) is 0 Å². The number of rotatable bonds is 3. The average Bonchev–Trinajstić information content (AvgIpc) is 2.63. The van der Waals surface area contributed by atoms with Crippen LogP contribution in [0.15, 0.2) is 20.9 Å². The molecule has 0 unspecified atom stereocenters. The minimum atomic E-state index is 0.389. The van der Waals surface area contributed by atoms with Gasteiger partial charge in [0.1, 0.15) is 0 Å². The van der Waals surface area contributed by atoms with Gasteiger partial charge in [-0.15, -0.1) is 10.2 Å². The lowest BCUT2D eigenvalue weighted by Gasteiger charge is -2.01. The molecule has 0 aliphatic rings. The van der Waals surface area contributed by atoms with E-state index in [0.717, 1.165) is 11.4 Å². The van der Waals surface area contributed by atoms with E-state index in [9.17, 15) is 0 Å². The van der Waals surface area contributed by atoms with Gasteiger partial charge in [-0.25, -0.2) is 9.97 Å². The topological polar surface area (TPSA) is 90.7 Å². The highest BCUT2D eigenvalue weighted by molar-refractivity contribution is 7.98. The summed E-state index contributed by atoms with van der Waals surface area (Å²) in [7, 11) is 0. The first-order valence-corrected chi connectivity index (χ1v) is 5.51. The lowest BCUT2D eigenvalue weighted by atomic mass is 10.3. The molecule has 0 fully saturated rings. The molecule has 0 amide bonds. The Morgan fingerprint density at radius 2 is 2.12 bits per heavy atom. The minimum absolute atomic E-state index is 0.389. The van der Waals surface area contributed by atoms with E-state index in [0.29, 0.717) is 22.8 Å². The largest absolute Gasteiger partial charge is 0.416 e. The fraction of sp³-hybridized carbons (Fsp3) is 0.333. The van der Waals surface area contributed by atoms with Crippen molar-refractivity contribution < 1.29 is 4.42 Å². The minimum Gasteiger partial charge on any atom is -0.416 e. The number of aromatic nitrogens is 4. The second-order valence-electron chi connectivity index (χ2n) is 3.18. The Morgan fingerprint density at radius 3 is 2.75 bits per heavy atom. The maximum atomic E-state index is 5.53. The summed E-state index contributed by atoms with van der Waals surface area (Å²) in [4.78, 5) is 8.51. The van der Waals surface area contributed by atoms with E-state index in [1.807, 2.05) is 13.0 Å². The van der Waals surface area contributed by atoms with Crippen LogP contribution in [0.2, 0.25) is 0 Å². The van der Waals surface area contributed by atoms with E-state index in [2.05, 4.69) is 20.2 Å². The third-order valence-corrected chi connectivity index (χ3v) is 2.49. The monoisotopic (exact) mass is 237 g/mol. The van der Waals surface area contributed by atoms with Crippen LogP contribution in [0.5, 0.6) is 0 Å². The molecule has 2 aromatic rings. The summed E-state index contributed by atoms with van der Waals surface area (Å²) >= 11 is 1.23. The molecule has 0 radical (unpaired) electrons. The van der Waals surface area contributed by atoms with E-state index >= 15 is 0 Å². The number of hydrogen-bond donors (Lipinski definition) is 1. The van der Waals surface area contributed by atoms with Gasteiger partial charge in [-0.2, -0.15) is 0 Å². The van der Waals surface area contributed by atoms with Crippen molar-refractivity contribution in [1.29, 1.82) is 0 Å². The first-order valence-electron chi connectivity index (χ1n) is 4.70. The van der Waals surface area contributed by atoms with Gasteiger partial charge in [0.25, 0.3) is 5.22 Å². The molecule has 0 aliphatic heterocycles. The number of hydrogen-bond acceptors (Lipinski definition) is 7. The standard InChI is InChI=1S/C9H11N5OS/c1-5-3-7(4-10)12-8(11-5)16-9-14-13-6(2)15-9/h3H,4,10H2,1-2H3. The van der Waals surface area contributed by atoms with Crippen molar-refractivity contribution in [1.82, 2.24) is 20.2 Å². The summed E-state index contributed by atoms with van der Waals surface area (Å²) < 4.78 is 5.23. The molecular weight excluding hydrogens is 226 g/mol. The molecular formula is C9H11N5OS. The first kappa shape index (κ1) is 11.0. The average molecular weight is 237 g/mol. The van der Waals surface area contributed by atoms with E-state index < -0.39 is 0 Å². The Balaban J connectivity index is 2.24. The Labute approximate surface area is 96.7 Å². The molecule has 16 heavy (non-hydrogen) atoms. The highest BCUT2D eigenvalue weighted by atomic mass is 32.2. The predicted molar refractivity (Wildman–Crippen MR) is 57.8 cm³/mol. The highest BCUT2D eigenvalue weighted by Crippen LogP contribution is 2.23. The van der Waals surface area contributed by atoms with Crippen LogP contribution in [0.25, 0.3) is 0 Å². The molecule has 0 aromatic carbocycles. The van der Waals surface area contributed by atoms with Crippen molar-refractivity contribution in [2.24, 2.45) is 5.73 Å². The molecule has 6 nitrogen and oxygen atoms in total. The number of nitrogens with two attached hydrogens (primary N) is 1. The molecule has 2 rings (SSSR count). The summed E-state index contributed by atoms with van der Waals surface area (Å²) in [6.07, 6.45) is 0. The molecule has 2 aromatic heterocycles. The van der Waals surface area contributed by atoms with Gasteiger partial charge in [-0.05, 0) is 13.0 Å². The lowest BCUT2D eigenvalue weighted by Crippen LogP contribution is -2.02. The van der Waals surface area contributed by atoms with Crippen molar-refractivity contribution in [3.63, 3.8) is 0 Å². The third kappa shape index (κ3) is 2.56. The zero-order valence-corrected chi connectivity index (χ0v) is 9.78. The second kappa shape index (κ2) is 4.58. The molecule has 0 aliphatic carbocycles. The zero-order valence-electron chi connectivity index (χ0n) is 8.97. The van der Waals surface area contributed by atoms with Crippen molar-refractivity contribution >= 4 is 11.8 Å². The van der Waals surface area contributed by atoms with Crippen LogP contribution in [0.1, 0.15) is 17.3 Å². The summed E-state index contributed by atoms with van der Waals surface area (Å²) in [5.41, 5.74) is 7.20. The quantitative estimate of drug-likeness (QED) is 0.799. The summed E-state index contributed by atoms with van der Waals surface area (Å²) in [5.74, 6) is 0.522. The molecule has 2 N–H and O–H groups in total. The van der Waals surface area contributed by atoms with Crippen LogP contribution in [0.4, 0.5) is 0 Å². The first-order chi connectivity index (χ1) is 7.67. The normalized spacial score (nSPS) is 10.7. The molecule has 0 saturated heterocycles. The molecule has 2 heterocycles. The Morgan fingerprint density at radius 1 is 1.31 bits per heavy atom. The third-order valence-electron chi connectivity index (χ3n) is 1.78. The van der Waals surface area contributed by atoms with Gasteiger partial charge in [0, 0.05) is 30.9 Å². The van der Waals surface area contributed by atoms with Crippen molar-refractivity contribution in [3.8, 4) is 0 Å². The molecule has 0 saturated carbocycles. The summed E-state index contributed by atoms with van der Waals surface area (Å²) in [6, 6.07) is 1.85. The fourth-order valence-electron chi connectivity index (χ4n) is 1.15. The van der Waals surface area contributed by atoms with Gasteiger partial charge in [0.15, 0.2) is 5.16 Å². The van der Waals surface area contributed by atoms with Crippen LogP contribution in [0.3, 0.4) is 0 Å². The predicted octanol–water partition coefficient (Wildman–Crippen LogP) is 1.09. The smallest absolute Gasteiger partial charge is 0.284 e. The van der Waals surface area contributed by atoms with Crippen LogP contribution < -0.4 is 5.73 Å². The molecule has 7 heteroatoms. The zero-order chi connectivity index (χ0) is 11.5. The van der Waals surface area contributed by atoms with E-state index in [4.69, 9.17) is 10.2 Å². The van der Waals surface area contributed by atoms with Crippen LogP contribution in [-0.2, 0) is 6.54 Å². The van der Waals surface area contributed by atoms with Gasteiger partial charge < -0.3 is 10.2 Å². The molecule has 0 atom stereocenters. The molecule has 0 bridgehead atoms. The van der Waals surface area contributed by atoms with Crippen molar-refractivity contribution in [2.75, 3.05) is 0 Å². The van der Waals surface area contributed by atoms with Crippen LogP contribution in [-0.4, -0.2) is 20.2 Å². The van der Waals surface area contributed by atoms with Crippen molar-refractivity contribution in [3.05, 3.63) is 23.3 Å². The maximum Gasteiger partial charge on any atom is 0.284 e. The summed E-state index contributed by atoms with van der Waals surface area (Å²) in [6.45, 7) is 4.02. The Bertz CT molecular complexity index is 498. The van der Waals surface area contributed by atoms with Gasteiger partial charge in [0.2, 0.25) is 5.89 Å². The second-order valence-corrected chi connectivity index (χ2v) is 4.09. The van der Waals surface area contributed by atoms with E-state index in [1.54, 1.807) is 6.92 Å². The van der Waals surface area contributed by atoms with Crippen molar-refractivity contribution in [2.45, 2.75) is 30.8 Å². The summed E-state index contributed by atoms with van der Waals surface area (Å²) in [5, 5.41) is 8.60. The number of nitrogens with zero attached hydrogens (tertiary/aromatic N) is 4. The van der Waals surface area contributed by atoms with Gasteiger partial charge >= 0.3 is 0 Å². The Hall–Kier alpha value is -1.47. The van der Waals surface area contributed by atoms with Crippen LogP contribution >= 0.6 is 11.8 Å². The van der Waals surface area contributed by atoms with Gasteiger partial charge in [0.05, 0.1) is 5.69 Å². The maximum absolute atomic E-state index is 5.53. The van der Waals surface area contributed by atoms with Crippen LogP contribution in [0, 0.1) is 13.8 Å². The molecule has 84 valence electrons. The van der Waals surface area contributed by atoms with Gasteiger partial charge in [-0.3, -0.25) is 0 Å². The van der Waals surface area contributed by atoms with E-state index in [1.165, 1.54) is 11.8 Å². The fourth-order valence-corrected chi connectivity index (χ4v) is 1.90. The SMILES string of the molecule is Cc1cc(CN)nc(Sc2nnc(C)o2)n1. The van der Waals surface area contributed by atoms with Gasteiger partial charge in [-0.1, -0.05) is 0 Å². The Kier molecular flexibility index (Phi) is 3.16. The molecule has 0 spiro atoms. The highest BCUT2D eigenvalue weighted by Gasteiger charge is 2.08.